The number of nitrogens with one attached hydrogen (secondary N) is 1. The maximum Gasteiger partial charge on any atom is 0.266 e. The smallest absolute Gasteiger partial charge is 0.266 e. The number of amides is 2. The summed E-state index contributed by atoms with van der Waals surface area (Å²) in [6, 6.07) is 12.9. The van der Waals surface area contributed by atoms with E-state index in [1.165, 1.54) is 16.7 Å². The number of hydrogen-bond acceptors (Lipinski definition) is 5. The van der Waals surface area contributed by atoms with E-state index in [1.54, 1.807) is 18.2 Å². The van der Waals surface area contributed by atoms with E-state index in [9.17, 15) is 9.59 Å². The number of anilines is 1. The molecule has 5 nitrogen and oxygen atoms in total. The largest absolute Gasteiger partial charge is 0.483 e. The van der Waals surface area contributed by atoms with Crippen molar-refractivity contribution in [3.05, 3.63) is 75.6 Å². The molecule has 2 amide bonds. The molecule has 0 aromatic heterocycles. The summed E-state index contributed by atoms with van der Waals surface area (Å²) in [4.78, 5) is 26.9. The van der Waals surface area contributed by atoms with Gasteiger partial charge in [0, 0.05) is 22.3 Å². The second-order valence-electron chi connectivity index (χ2n) is 6.41. The number of halogens is 1. The van der Waals surface area contributed by atoms with Crippen LogP contribution in [0.25, 0.3) is 6.08 Å². The van der Waals surface area contributed by atoms with E-state index in [1.807, 2.05) is 43.3 Å². The van der Waals surface area contributed by atoms with Gasteiger partial charge in [0.25, 0.3) is 11.8 Å². The fraction of sp³-hybridized carbons (Fsp3) is 0.136. The van der Waals surface area contributed by atoms with Crippen molar-refractivity contribution in [1.29, 1.82) is 0 Å². The Bertz CT molecular complexity index is 1050. The second kappa shape index (κ2) is 10.1. The Morgan fingerprint density at radius 3 is 2.83 bits per heavy atom. The van der Waals surface area contributed by atoms with Gasteiger partial charge >= 0.3 is 0 Å². The molecule has 8 heteroatoms. The molecule has 0 atom stereocenters. The van der Waals surface area contributed by atoms with Crippen LogP contribution in [0.4, 0.5) is 5.69 Å². The molecule has 1 fully saturated rings. The van der Waals surface area contributed by atoms with Crippen molar-refractivity contribution in [3.63, 3.8) is 0 Å². The highest BCUT2D eigenvalue weighted by Crippen LogP contribution is 2.34. The highest BCUT2D eigenvalue weighted by molar-refractivity contribution is 9.10. The Morgan fingerprint density at radius 2 is 2.10 bits per heavy atom. The van der Waals surface area contributed by atoms with Crippen molar-refractivity contribution in [2.75, 3.05) is 18.5 Å². The Balaban J connectivity index is 1.70. The van der Waals surface area contributed by atoms with Crippen LogP contribution >= 0.6 is 39.9 Å². The van der Waals surface area contributed by atoms with E-state index < -0.39 is 0 Å². The minimum Gasteiger partial charge on any atom is -0.483 e. The quantitative estimate of drug-likeness (QED) is 0.321. The first-order chi connectivity index (χ1) is 14.4. The normalized spacial score (nSPS) is 14.9. The maximum absolute atomic E-state index is 12.5. The van der Waals surface area contributed by atoms with Gasteiger partial charge in [-0.2, -0.15) is 0 Å². The highest BCUT2D eigenvalue weighted by Gasteiger charge is 2.31. The summed E-state index contributed by atoms with van der Waals surface area (Å²) in [5.41, 5.74) is 2.37. The van der Waals surface area contributed by atoms with Crippen LogP contribution in [-0.2, 0) is 9.59 Å². The van der Waals surface area contributed by atoms with Gasteiger partial charge < -0.3 is 10.1 Å². The number of carbonyl (C=O) groups excluding carboxylic acids is 2. The average molecular weight is 503 g/mol. The van der Waals surface area contributed by atoms with Crippen LogP contribution in [0.2, 0.25) is 0 Å². The molecule has 3 rings (SSSR count). The average Bonchev–Trinajstić information content (AvgIpc) is 2.97. The van der Waals surface area contributed by atoms with E-state index in [-0.39, 0.29) is 18.4 Å². The fourth-order valence-corrected chi connectivity index (χ4v) is 4.50. The summed E-state index contributed by atoms with van der Waals surface area (Å²) in [5.74, 6) is 0.0739. The highest BCUT2D eigenvalue weighted by atomic mass is 79.9. The van der Waals surface area contributed by atoms with Crippen molar-refractivity contribution in [3.8, 4) is 5.75 Å². The number of thioether (sulfide) groups is 1. The predicted octanol–water partition coefficient (Wildman–Crippen LogP) is 5.16. The van der Waals surface area contributed by atoms with Crippen LogP contribution < -0.4 is 10.1 Å². The first kappa shape index (κ1) is 22.3. The van der Waals surface area contributed by atoms with Gasteiger partial charge in [-0.3, -0.25) is 14.5 Å². The first-order valence-electron chi connectivity index (χ1n) is 9.03. The zero-order valence-corrected chi connectivity index (χ0v) is 19.4. The SMILES string of the molecule is C=CCN1C(=O)/C(=C/c2ccccc2OCC(=O)Nc2ccc(Br)cc2C)SC1=S. The molecule has 2 aromatic carbocycles. The molecule has 0 radical (unpaired) electrons. The first-order valence-corrected chi connectivity index (χ1v) is 11.0. The minimum absolute atomic E-state index is 0.155. The number of benzene rings is 2. The van der Waals surface area contributed by atoms with E-state index >= 15 is 0 Å². The number of thiocarbonyl (C=S) groups is 1. The summed E-state index contributed by atoms with van der Waals surface area (Å²) in [6.07, 6.45) is 3.37. The molecule has 0 bridgehead atoms. The molecule has 0 unspecified atom stereocenters. The molecule has 2 aromatic rings. The lowest BCUT2D eigenvalue weighted by Crippen LogP contribution is -2.27. The molecule has 1 aliphatic heterocycles. The van der Waals surface area contributed by atoms with Gasteiger partial charge in [0.2, 0.25) is 0 Å². The standard InChI is InChI=1S/C22H19BrN2O3S2/c1-3-10-25-21(27)19(30-22(25)29)12-15-6-4-5-7-18(15)28-13-20(26)24-17-9-8-16(23)11-14(17)2/h3-9,11-12H,1,10,13H2,2H3,(H,24,26)/b19-12-. The number of para-hydroxylation sites is 1. The lowest BCUT2D eigenvalue weighted by Gasteiger charge is -2.12. The summed E-state index contributed by atoms with van der Waals surface area (Å²) in [5, 5.41) is 2.84. The van der Waals surface area contributed by atoms with Gasteiger partial charge in [-0.15, -0.1) is 6.58 Å². The van der Waals surface area contributed by atoms with Gasteiger partial charge in [0.15, 0.2) is 6.61 Å². The summed E-state index contributed by atoms with van der Waals surface area (Å²) in [7, 11) is 0. The van der Waals surface area contributed by atoms with Crippen LogP contribution in [0.3, 0.4) is 0 Å². The van der Waals surface area contributed by atoms with Crippen molar-refractivity contribution < 1.29 is 14.3 Å². The minimum atomic E-state index is -0.271. The van der Waals surface area contributed by atoms with Crippen LogP contribution in [-0.4, -0.2) is 34.2 Å². The number of ether oxygens (including phenoxy) is 1. The maximum atomic E-state index is 12.5. The third-order valence-electron chi connectivity index (χ3n) is 4.21. The molecular weight excluding hydrogens is 484 g/mol. The second-order valence-corrected chi connectivity index (χ2v) is 9.01. The number of rotatable bonds is 7. The van der Waals surface area contributed by atoms with Crippen LogP contribution in [0.1, 0.15) is 11.1 Å². The van der Waals surface area contributed by atoms with Crippen LogP contribution in [0, 0.1) is 6.92 Å². The molecular formula is C22H19BrN2O3S2. The van der Waals surface area contributed by atoms with Gasteiger partial charge in [0.05, 0.1) is 4.91 Å². The van der Waals surface area contributed by atoms with E-state index in [0.717, 1.165) is 15.7 Å². The zero-order valence-electron chi connectivity index (χ0n) is 16.2. The van der Waals surface area contributed by atoms with E-state index in [4.69, 9.17) is 17.0 Å². The Kier molecular flexibility index (Phi) is 7.47. The lowest BCUT2D eigenvalue weighted by atomic mass is 10.2. The monoisotopic (exact) mass is 502 g/mol. The predicted molar refractivity (Wildman–Crippen MR) is 130 cm³/mol. The van der Waals surface area contributed by atoms with Crippen molar-refractivity contribution in [1.82, 2.24) is 4.90 Å². The van der Waals surface area contributed by atoms with Crippen molar-refractivity contribution in [2.24, 2.45) is 0 Å². The third kappa shape index (κ3) is 5.38. The molecule has 0 aliphatic carbocycles. The number of hydrogen-bond donors (Lipinski definition) is 1. The third-order valence-corrected chi connectivity index (χ3v) is 6.08. The van der Waals surface area contributed by atoms with E-state index in [2.05, 4.69) is 27.8 Å². The summed E-state index contributed by atoms with van der Waals surface area (Å²) in [6.45, 7) is 5.79. The van der Waals surface area contributed by atoms with Crippen LogP contribution in [0.15, 0.2) is 64.5 Å². The number of aryl methyl sites for hydroxylation is 1. The molecule has 30 heavy (non-hydrogen) atoms. The molecule has 1 saturated heterocycles. The van der Waals surface area contributed by atoms with Gasteiger partial charge in [0.1, 0.15) is 10.1 Å². The lowest BCUT2D eigenvalue weighted by molar-refractivity contribution is -0.121. The zero-order chi connectivity index (χ0) is 21.7. The van der Waals surface area contributed by atoms with Gasteiger partial charge in [-0.05, 0) is 42.8 Å². The molecule has 1 N–H and O–H groups in total. The molecule has 1 heterocycles. The van der Waals surface area contributed by atoms with Crippen molar-refractivity contribution in [2.45, 2.75) is 6.92 Å². The number of nitrogens with zero attached hydrogens (tertiary/aromatic N) is 1. The Labute approximate surface area is 193 Å². The summed E-state index contributed by atoms with van der Waals surface area (Å²) >= 11 is 9.91. The molecule has 154 valence electrons. The summed E-state index contributed by atoms with van der Waals surface area (Å²) < 4.78 is 7.17. The van der Waals surface area contributed by atoms with Gasteiger partial charge in [-0.25, -0.2) is 0 Å². The van der Waals surface area contributed by atoms with Crippen molar-refractivity contribution >= 4 is 67.8 Å². The van der Waals surface area contributed by atoms with Crippen LogP contribution in [0.5, 0.6) is 5.75 Å². The molecule has 0 spiro atoms. The molecule has 0 saturated carbocycles. The molecule has 1 aliphatic rings. The Hall–Kier alpha value is -2.42. The Morgan fingerprint density at radius 1 is 1.33 bits per heavy atom. The van der Waals surface area contributed by atoms with Gasteiger partial charge in [-0.1, -0.05) is 64.2 Å². The van der Waals surface area contributed by atoms with E-state index in [0.29, 0.717) is 27.1 Å². The fourth-order valence-electron chi connectivity index (χ4n) is 2.76. The number of carbonyl (C=O) groups is 2. The topological polar surface area (TPSA) is 58.6 Å².